The van der Waals surface area contributed by atoms with Gasteiger partial charge in [-0.3, -0.25) is 4.79 Å². The highest BCUT2D eigenvalue weighted by molar-refractivity contribution is 5.95. The monoisotopic (exact) mass is 333 g/mol. The van der Waals surface area contributed by atoms with Gasteiger partial charge in [0, 0.05) is 24.9 Å². The Bertz CT molecular complexity index is 600. The smallest absolute Gasteiger partial charge is 0.389 e. The maximum absolute atomic E-state index is 13.9. The predicted molar refractivity (Wildman–Crippen MR) is 72.8 cm³/mol. The molecule has 23 heavy (non-hydrogen) atoms. The highest BCUT2D eigenvalue weighted by Crippen LogP contribution is 2.27. The molecule has 1 unspecified atom stereocenters. The third kappa shape index (κ3) is 4.20. The maximum Gasteiger partial charge on any atom is 0.389 e. The Kier molecular flexibility index (Phi) is 4.63. The van der Waals surface area contributed by atoms with E-state index in [0.717, 1.165) is 4.90 Å². The molecule has 1 aromatic carbocycles. The summed E-state index contributed by atoms with van der Waals surface area (Å²) in [6, 6.07) is 5.56. The second-order valence-corrected chi connectivity index (χ2v) is 5.56. The molecule has 1 N–H and O–H groups in total. The van der Waals surface area contributed by atoms with Crippen LogP contribution in [0.3, 0.4) is 0 Å². The second kappa shape index (κ2) is 6.17. The first-order chi connectivity index (χ1) is 10.6. The van der Waals surface area contributed by atoms with Crippen molar-refractivity contribution in [3.8, 4) is 0 Å². The lowest BCUT2D eigenvalue weighted by atomic mass is 10.1. The molecule has 1 atom stereocenters. The van der Waals surface area contributed by atoms with Crippen molar-refractivity contribution in [2.24, 2.45) is 0 Å². The summed E-state index contributed by atoms with van der Waals surface area (Å²) in [6.07, 6.45) is -5.66. The van der Waals surface area contributed by atoms with Crippen LogP contribution in [0.1, 0.15) is 28.8 Å². The molecule has 0 radical (unpaired) electrons. The van der Waals surface area contributed by atoms with Gasteiger partial charge in [-0.05, 0) is 24.1 Å². The lowest BCUT2D eigenvalue weighted by Crippen LogP contribution is -2.38. The summed E-state index contributed by atoms with van der Waals surface area (Å²) in [5.74, 6) is -2.14. The van der Waals surface area contributed by atoms with E-state index in [9.17, 15) is 27.2 Å². The van der Waals surface area contributed by atoms with Gasteiger partial charge >= 0.3 is 12.1 Å². The van der Waals surface area contributed by atoms with Gasteiger partial charge in [0.15, 0.2) is 0 Å². The summed E-state index contributed by atoms with van der Waals surface area (Å²) in [5.41, 5.74) is -1.82. The maximum atomic E-state index is 13.9. The van der Waals surface area contributed by atoms with E-state index in [-0.39, 0.29) is 24.9 Å². The number of hydrogen-bond donors (Lipinski definition) is 1. The SMILES string of the molecule is O=C(c1ccc(CCC(F)(F)F)cc1)N1CCC(F)(C(=O)O)C1. The predicted octanol–water partition coefficient (Wildman–Crippen LogP) is 2.82. The highest BCUT2D eigenvalue weighted by Gasteiger charge is 2.46. The summed E-state index contributed by atoms with van der Waals surface area (Å²) in [4.78, 5) is 24.1. The Balaban J connectivity index is 2.00. The summed E-state index contributed by atoms with van der Waals surface area (Å²) in [6.45, 7) is -0.547. The van der Waals surface area contributed by atoms with E-state index in [1.165, 1.54) is 24.3 Å². The van der Waals surface area contributed by atoms with Crippen molar-refractivity contribution in [3.05, 3.63) is 35.4 Å². The molecular weight excluding hydrogens is 318 g/mol. The summed E-state index contributed by atoms with van der Waals surface area (Å²) < 4.78 is 50.4. The molecule has 0 spiro atoms. The van der Waals surface area contributed by atoms with Crippen molar-refractivity contribution in [1.82, 2.24) is 4.90 Å². The van der Waals surface area contributed by atoms with E-state index in [2.05, 4.69) is 0 Å². The van der Waals surface area contributed by atoms with Crippen LogP contribution >= 0.6 is 0 Å². The summed E-state index contributed by atoms with van der Waals surface area (Å²) in [5, 5.41) is 8.80. The molecule has 1 amide bonds. The molecule has 1 saturated heterocycles. The van der Waals surface area contributed by atoms with Crippen LogP contribution in [-0.2, 0) is 11.2 Å². The molecule has 0 aliphatic carbocycles. The van der Waals surface area contributed by atoms with Crippen LogP contribution in [0.2, 0.25) is 0 Å². The standard InChI is InChI=1S/C15H15F4NO3/c16-14(13(22)23)7-8-20(9-14)12(21)11-3-1-10(2-4-11)5-6-15(17,18)19/h1-4H,5-9H2,(H,22,23). The van der Waals surface area contributed by atoms with Gasteiger partial charge in [0.05, 0.1) is 6.54 Å². The van der Waals surface area contributed by atoms with Crippen molar-refractivity contribution in [3.63, 3.8) is 0 Å². The Hall–Kier alpha value is -2.12. The number of aryl methyl sites for hydroxylation is 1. The average Bonchev–Trinajstić information content (AvgIpc) is 2.88. The molecule has 1 aromatic rings. The van der Waals surface area contributed by atoms with Crippen molar-refractivity contribution in [2.45, 2.75) is 31.1 Å². The fourth-order valence-electron chi connectivity index (χ4n) is 2.40. The van der Waals surface area contributed by atoms with E-state index in [1.54, 1.807) is 0 Å². The third-order valence-electron chi connectivity index (χ3n) is 3.79. The number of alkyl halides is 4. The number of carboxylic acids is 1. The van der Waals surface area contributed by atoms with Crippen LogP contribution in [0.5, 0.6) is 0 Å². The van der Waals surface area contributed by atoms with Gasteiger partial charge in [0.25, 0.3) is 5.91 Å². The number of hydrogen-bond acceptors (Lipinski definition) is 2. The molecule has 4 nitrogen and oxygen atoms in total. The van der Waals surface area contributed by atoms with Crippen molar-refractivity contribution in [2.75, 3.05) is 13.1 Å². The first-order valence-corrected chi connectivity index (χ1v) is 6.98. The van der Waals surface area contributed by atoms with Gasteiger partial charge in [0.1, 0.15) is 0 Å². The highest BCUT2D eigenvalue weighted by atomic mass is 19.4. The number of likely N-dealkylation sites (tertiary alicyclic amines) is 1. The van der Waals surface area contributed by atoms with Gasteiger partial charge in [0.2, 0.25) is 5.67 Å². The van der Waals surface area contributed by atoms with Crippen molar-refractivity contribution < 1.29 is 32.3 Å². The van der Waals surface area contributed by atoms with Crippen molar-refractivity contribution >= 4 is 11.9 Å². The molecule has 0 bridgehead atoms. The third-order valence-corrected chi connectivity index (χ3v) is 3.79. The minimum atomic E-state index is -4.24. The first-order valence-electron chi connectivity index (χ1n) is 6.98. The molecule has 2 rings (SSSR count). The van der Waals surface area contributed by atoms with Crippen LogP contribution in [0.4, 0.5) is 17.6 Å². The fraction of sp³-hybridized carbons (Fsp3) is 0.467. The van der Waals surface area contributed by atoms with Gasteiger partial charge in [-0.1, -0.05) is 12.1 Å². The van der Waals surface area contributed by atoms with E-state index in [1.807, 2.05) is 0 Å². The van der Waals surface area contributed by atoms with E-state index in [0.29, 0.717) is 5.56 Å². The number of benzene rings is 1. The zero-order valence-electron chi connectivity index (χ0n) is 12.1. The van der Waals surface area contributed by atoms with Gasteiger partial charge in [-0.15, -0.1) is 0 Å². The second-order valence-electron chi connectivity index (χ2n) is 5.56. The number of rotatable bonds is 4. The lowest BCUT2D eigenvalue weighted by Gasteiger charge is -2.18. The number of carbonyl (C=O) groups is 2. The molecule has 1 aliphatic rings. The minimum Gasteiger partial charge on any atom is -0.479 e. The van der Waals surface area contributed by atoms with Gasteiger partial charge in [-0.2, -0.15) is 13.2 Å². The van der Waals surface area contributed by atoms with Gasteiger partial charge in [-0.25, -0.2) is 9.18 Å². The molecular formula is C15H15F4NO3. The number of carbonyl (C=O) groups excluding carboxylic acids is 1. The molecule has 0 aromatic heterocycles. The van der Waals surface area contributed by atoms with Crippen molar-refractivity contribution in [1.29, 1.82) is 0 Å². The Morgan fingerprint density at radius 1 is 1.22 bits per heavy atom. The van der Waals surface area contributed by atoms with Crippen LogP contribution < -0.4 is 0 Å². The zero-order chi connectivity index (χ0) is 17.3. The molecule has 0 saturated carbocycles. The number of amides is 1. The first kappa shape index (κ1) is 17.2. The fourth-order valence-corrected chi connectivity index (χ4v) is 2.40. The number of aliphatic carboxylic acids is 1. The summed E-state index contributed by atoms with van der Waals surface area (Å²) >= 11 is 0. The number of nitrogens with zero attached hydrogens (tertiary/aromatic N) is 1. The zero-order valence-corrected chi connectivity index (χ0v) is 12.1. The molecule has 1 aliphatic heterocycles. The minimum absolute atomic E-state index is 0.0164. The topological polar surface area (TPSA) is 57.6 Å². The summed E-state index contributed by atoms with van der Waals surface area (Å²) in [7, 11) is 0. The lowest BCUT2D eigenvalue weighted by molar-refractivity contribution is -0.149. The molecule has 1 fully saturated rings. The normalized spacial score (nSPS) is 21.5. The van der Waals surface area contributed by atoms with E-state index >= 15 is 0 Å². The molecule has 1 heterocycles. The largest absolute Gasteiger partial charge is 0.479 e. The van der Waals surface area contributed by atoms with Crippen LogP contribution in [-0.4, -0.2) is 46.8 Å². The van der Waals surface area contributed by atoms with E-state index in [4.69, 9.17) is 5.11 Å². The van der Waals surface area contributed by atoms with Crippen LogP contribution in [0, 0.1) is 0 Å². The quantitative estimate of drug-likeness (QED) is 0.862. The van der Waals surface area contributed by atoms with Gasteiger partial charge < -0.3 is 10.0 Å². The average molecular weight is 333 g/mol. The Morgan fingerprint density at radius 3 is 2.30 bits per heavy atom. The Morgan fingerprint density at radius 2 is 1.83 bits per heavy atom. The molecule has 126 valence electrons. The van der Waals surface area contributed by atoms with Crippen LogP contribution in [0.25, 0.3) is 0 Å². The Labute approximate surface area is 129 Å². The molecule has 8 heteroatoms. The number of halogens is 4. The van der Waals surface area contributed by atoms with Crippen LogP contribution in [0.15, 0.2) is 24.3 Å². The van der Waals surface area contributed by atoms with E-state index < -0.39 is 36.7 Å². The number of carboxylic acid groups (broad SMARTS) is 1.